The van der Waals surface area contributed by atoms with Gasteiger partial charge in [-0.25, -0.2) is 9.37 Å². The summed E-state index contributed by atoms with van der Waals surface area (Å²) in [6, 6.07) is 3.95. The molecule has 0 bridgehead atoms. The number of aromatic amines is 1. The van der Waals surface area contributed by atoms with Crippen LogP contribution < -0.4 is 5.56 Å². The summed E-state index contributed by atoms with van der Waals surface area (Å²) in [7, 11) is 0. The Morgan fingerprint density at radius 1 is 1.47 bits per heavy atom. The fourth-order valence-corrected chi connectivity index (χ4v) is 1.89. The van der Waals surface area contributed by atoms with E-state index in [1.807, 2.05) is 22.6 Å². The minimum atomic E-state index is -0.427. The van der Waals surface area contributed by atoms with Crippen LogP contribution in [0.25, 0.3) is 11.4 Å². The first-order valence-electron chi connectivity index (χ1n) is 4.71. The molecule has 1 aromatic heterocycles. The molecule has 1 heterocycles. The van der Waals surface area contributed by atoms with E-state index in [-0.39, 0.29) is 10.6 Å². The molecule has 0 aliphatic carbocycles. The van der Waals surface area contributed by atoms with Gasteiger partial charge in [-0.3, -0.25) is 4.79 Å². The smallest absolute Gasteiger partial charge is 0.264 e. The first-order chi connectivity index (χ1) is 7.99. The van der Waals surface area contributed by atoms with E-state index in [0.29, 0.717) is 20.7 Å². The maximum Gasteiger partial charge on any atom is 0.264 e. The lowest BCUT2D eigenvalue weighted by Crippen LogP contribution is -2.14. The third kappa shape index (κ3) is 2.50. The van der Waals surface area contributed by atoms with Crippen molar-refractivity contribution in [2.24, 2.45) is 0 Å². The number of rotatable bonds is 1. The molecule has 1 aromatic carbocycles. The summed E-state index contributed by atoms with van der Waals surface area (Å²) in [4.78, 5) is 18.4. The molecule has 0 amide bonds. The van der Waals surface area contributed by atoms with Crippen molar-refractivity contribution in [2.45, 2.75) is 6.92 Å². The van der Waals surface area contributed by atoms with E-state index in [4.69, 9.17) is 11.6 Å². The second-order valence-electron chi connectivity index (χ2n) is 3.44. The van der Waals surface area contributed by atoms with Crippen LogP contribution in [-0.4, -0.2) is 9.97 Å². The Kier molecular flexibility index (Phi) is 3.48. The van der Waals surface area contributed by atoms with Crippen molar-refractivity contribution >= 4 is 34.2 Å². The van der Waals surface area contributed by atoms with Gasteiger partial charge in [0.05, 0.1) is 14.3 Å². The number of hydrogen-bond acceptors (Lipinski definition) is 2. The number of nitrogens with one attached hydrogen (secondary N) is 1. The first kappa shape index (κ1) is 12.5. The van der Waals surface area contributed by atoms with Crippen LogP contribution in [0.2, 0.25) is 5.02 Å². The molecular weight excluding hydrogens is 357 g/mol. The molecule has 0 saturated heterocycles. The van der Waals surface area contributed by atoms with E-state index in [2.05, 4.69) is 9.97 Å². The highest BCUT2D eigenvalue weighted by atomic mass is 127. The van der Waals surface area contributed by atoms with Crippen LogP contribution in [0.3, 0.4) is 0 Å². The molecule has 0 aliphatic rings. The van der Waals surface area contributed by atoms with E-state index in [0.717, 1.165) is 0 Å². The van der Waals surface area contributed by atoms with E-state index >= 15 is 0 Å². The van der Waals surface area contributed by atoms with Gasteiger partial charge in [-0.05, 0) is 47.7 Å². The predicted molar refractivity (Wildman–Crippen MR) is 72.7 cm³/mol. The molecule has 6 heteroatoms. The molecule has 0 atom stereocenters. The van der Waals surface area contributed by atoms with Crippen molar-refractivity contribution in [1.82, 2.24) is 9.97 Å². The number of aromatic nitrogens is 2. The Bertz CT molecular complexity index is 642. The van der Waals surface area contributed by atoms with E-state index < -0.39 is 5.82 Å². The van der Waals surface area contributed by atoms with E-state index in [9.17, 15) is 9.18 Å². The van der Waals surface area contributed by atoms with Crippen LogP contribution >= 0.6 is 34.2 Å². The Hall–Kier alpha value is -0.950. The summed E-state index contributed by atoms with van der Waals surface area (Å²) in [6.07, 6.45) is 0. The van der Waals surface area contributed by atoms with Crippen molar-refractivity contribution in [3.63, 3.8) is 0 Å². The molecule has 0 radical (unpaired) electrons. The summed E-state index contributed by atoms with van der Waals surface area (Å²) in [5.41, 5.74) is 0.892. The lowest BCUT2D eigenvalue weighted by atomic mass is 10.2. The van der Waals surface area contributed by atoms with Gasteiger partial charge < -0.3 is 4.98 Å². The van der Waals surface area contributed by atoms with E-state index in [1.54, 1.807) is 6.92 Å². The minimum absolute atomic E-state index is 0.216. The lowest BCUT2D eigenvalue weighted by Gasteiger charge is -2.05. The second-order valence-corrected chi connectivity index (χ2v) is 4.92. The first-order valence-corrected chi connectivity index (χ1v) is 6.16. The van der Waals surface area contributed by atoms with Crippen molar-refractivity contribution in [3.05, 3.63) is 48.7 Å². The van der Waals surface area contributed by atoms with Crippen LogP contribution in [0.4, 0.5) is 4.39 Å². The number of benzene rings is 1. The maximum absolute atomic E-state index is 12.9. The molecular formula is C11H7ClFIN2O. The Labute approximate surface area is 115 Å². The number of aryl methyl sites for hydroxylation is 1. The summed E-state index contributed by atoms with van der Waals surface area (Å²) < 4.78 is 13.4. The second kappa shape index (κ2) is 4.73. The monoisotopic (exact) mass is 364 g/mol. The topological polar surface area (TPSA) is 45.8 Å². The molecule has 3 nitrogen and oxygen atoms in total. The van der Waals surface area contributed by atoms with Gasteiger partial charge in [0.25, 0.3) is 5.56 Å². The average Bonchev–Trinajstić information content (AvgIpc) is 2.25. The quantitative estimate of drug-likeness (QED) is 0.790. The van der Waals surface area contributed by atoms with Gasteiger partial charge >= 0.3 is 0 Å². The molecule has 1 N–H and O–H groups in total. The third-order valence-electron chi connectivity index (χ3n) is 2.21. The molecule has 17 heavy (non-hydrogen) atoms. The molecule has 0 saturated carbocycles. The zero-order valence-electron chi connectivity index (χ0n) is 8.72. The van der Waals surface area contributed by atoms with Crippen molar-refractivity contribution < 1.29 is 4.39 Å². The van der Waals surface area contributed by atoms with Gasteiger partial charge in [-0.1, -0.05) is 11.6 Å². The van der Waals surface area contributed by atoms with E-state index in [1.165, 1.54) is 18.2 Å². The molecule has 0 aliphatic heterocycles. The van der Waals surface area contributed by atoms with Gasteiger partial charge in [0.2, 0.25) is 0 Å². The highest BCUT2D eigenvalue weighted by Gasteiger charge is 2.10. The fourth-order valence-electron chi connectivity index (χ4n) is 1.38. The van der Waals surface area contributed by atoms with Gasteiger partial charge in [0.15, 0.2) is 0 Å². The number of H-pyrrole nitrogens is 1. The van der Waals surface area contributed by atoms with Crippen LogP contribution in [0.5, 0.6) is 0 Å². The number of halogens is 3. The Balaban J connectivity index is 2.65. The van der Waals surface area contributed by atoms with Crippen molar-refractivity contribution in [1.29, 1.82) is 0 Å². The third-order valence-corrected chi connectivity index (χ3v) is 3.80. The highest BCUT2D eigenvalue weighted by molar-refractivity contribution is 14.1. The Morgan fingerprint density at radius 2 is 2.18 bits per heavy atom. The molecule has 2 rings (SSSR count). The average molecular weight is 365 g/mol. The van der Waals surface area contributed by atoms with Crippen molar-refractivity contribution in [3.8, 4) is 11.4 Å². The Morgan fingerprint density at radius 3 is 2.76 bits per heavy atom. The largest absolute Gasteiger partial charge is 0.306 e. The molecule has 88 valence electrons. The summed E-state index contributed by atoms with van der Waals surface area (Å²) in [5, 5.41) is 0.216. The molecule has 2 aromatic rings. The highest BCUT2D eigenvalue weighted by Crippen LogP contribution is 2.25. The molecule has 0 fully saturated rings. The van der Waals surface area contributed by atoms with Crippen LogP contribution in [-0.2, 0) is 0 Å². The zero-order valence-corrected chi connectivity index (χ0v) is 11.6. The summed E-state index contributed by atoms with van der Waals surface area (Å²) >= 11 is 7.82. The van der Waals surface area contributed by atoms with Gasteiger partial charge in [0.1, 0.15) is 11.6 Å². The van der Waals surface area contributed by atoms with Crippen LogP contribution in [0.15, 0.2) is 23.0 Å². The molecule has 0 unspecified atom stereocenters. The maximum atomic E-state index is 12.9. The summed E-state index contributed by atoms with van der Waals surface area (Å²) in [5.74, 6) is -0.0822. The van der Waals surface area contributed by atoms with Crippen LogP contribution in [0, 0.1) is 16.3 Å². The van der Waals surface area contributed by atoms with Crippen LogP contribution in [0.1, 0.15) is 5.69 Å². The van der Waals surface area contributed by atoms with Crippen molar-refractivity contribution in [2.75, 3.05) is 0 Å². The number of nitrogens with zero attached hydrogens (tertiary/aromatic N) is 1. The number of hydrogen-bond donors (Lipinski definition) is 1. The van der Waals surface area contributed by atoms with Gasteiger partial charge in [0, 0.05) is 5.56 Å². The zero-order chi connectivity index (χ0) is 12.6. The summed E-state index contributed by atoms with van der Waals surface area (Å²) in [6.45, 7) is 1.73. The SMILES string of the molecule is Cc1nc(-c2ccc(F)cc2Cl)[nH]c(=O)c1I. The van der Waals surface area contributed by atoms with Gasteiger partial charge in [-0.2, -0.15) is 0 Å². The van der Waals surface area contributed by atoms with Gasteiger partial charge in [-0.15, -0.1) is 0 Å². The predicted octanol–water partition coefficient (Wildman–Crippen LogP) is 3.14. The molecule has 0 spiro atoms. The minimum Gasteiger partial charge on any atom is -0.306 e. The lowest BCUT2D eigenvalue weighted by molar-refractivity contribution is 0.628. The standard InChI is InChI=1S/C11H7ClFIN2O/c1-5-9(14)11(17)16-10(15-5)7-3-2-6(13)4-8(7)12/h2-4H,1H3,(H,15,16,17). The normalized spacial score (nSPS) is 10.6. The fraction of sp³-hybridized carbons (Fsp3) is 0.0909.